The van der Waals surface area contributed by atoms with E-state index in [1.807, 2.05) is 0 Å². The Balaban J connectivity index is 2.93. The highest BCUT2D eigenvalue weighted by Gasteiger charge is 2.57. The van der Waals surface area contributed by atoms with Crippen molar-refractivity contribution in [2.24, 2.45) is 0 Å². The Morgan fingerprint density at radius 3 is 2.19 bits per heavy atom. The van der Waals surface area contributed by atoms with Crippen molar-refractivity contribution in [2.45, 2.75) is 24.1 Å². The fourth-order valence-electron chi connectivity index (χ4n) is 1.44. The minimum Gasteiger partial charge on any atom is -0.394 e. The molecule has 0 aliphatic carbocycles. The molecule has 0 saturated carbocycles. The number of aliphatic hydroxyl groups is 4. The maximum absolute atomic E-state index is 10.6. The van der Waals surface area contributed by atoms with Crippen LogP contribution in [0.15, 0.2) is 0 Å². The number of ether oxygens (including phenoxy) is 1. The zero-order chi connectivity index (χ0) is 12.6. The molecule has 96 valence electrons. The number of rotatable bonds is 4. The molecule has 0 aromatic carbocycles. The maximum Gasteiger partial charge on any atom is 0.472 e. The second-order valence-corrected chi connectivity index (χ2v) is 4.49. The number of hydrogen-bond acceptors (Lipinski definition) is 7. The van der Waals surface area contributed by atoms with Crippen LogP contribution in [0.25, 0.3) is 0 Å². The van der Waals surface area contributed by atoms with E-state index in [9.17, 15) is 14.8 Å². The van der Waals surface area contributed by atoms with Gasteiger partial charge in [0.1, 0.15) is 24.9 Å². The van der Waals surface area contributed by atoms with Crippen molar-refractivity contribution >= 4 is 7.82 Å². The summed E-state index contributed by atoms with van der Waals surface area (Å²) in [5.41, 5.74) is 0. The molecule has 0 radical (unpaired) electrons. The standard InChI is InChI=1S/C6H13O9P/c7-1-3-4(9)5(10)6(2-8,14-3)15-16(11,12)13/h3-5,7-10H,1-2H2,(H2,11,12,13)/t3-,4-,5+,6?/m1/s1. The Hall–Kier alpha value is -0.0900. The molecule has 1 aliphatic heterocycles. The topological polar surface area (TPSA) is 157 Å². The van der Waals surface area contributed by atoms with Gasteiger partial charge in [-0.05, 0) is 0 Å². The zero-order valence-electron chi connectivity index (χ0n) is 8.00. The Morgan fingerprint density at radius 2 is 1.88 bits per heavy atom. The first-order valence-electron chi connectivity index (χ1n) is 4.28. The molecule has 1 aliphatic rings. The van der Waals surface area contributed by atoms with E-state index in [0.29, 0.717) is 0 Å². The Bertz CT molecular complexity index is 290. The second-order valence-electron chi connectivity index (χ2n) is 3.33. The van der Waals surface area contributed by atoms with Crippen LogP contribution in [-0.2, 0) is 13.8 Å². The summed E-state index contributed by atoms with van der Waals surface area (Å²) in [6.07, 6.45) is -4.81. The fourth-order valence-corrected chi connectivity index (χ4v) is 2.05. The van der Waals surface area contributed by atoms with E-state index in [-0.39, 0.29) is 0 Å². The van der Waals surface area contributed by atoms with Gasteiger partial charge in [0, 0.05) is 0 Å². The summed E-state index contributed by atoms with van der Waals surface area (Å²) in [5, 5.41) is 36.5. The van der Waals surface area contributed by atoms with Crippen LogP contribution < -0.4 is 0 Å². The lowest BCUT2D eigenvalue weighted by Gasteiger charge is -2.29. The lowest BCUT2D eigenvalue weighted by atomic mass is 10.1. The minimum atomic E-state index is -5.04. The highest BCUT2D eigenvalue weighted by molar-refractivity contribution is 7.46. The van der Waals surface area contributed by atoms with Gasteiger partial charge in [0.25, 0.3) is 0 Å². The van der Waals surface area contributed by atoms with Crippen LogP contribution in [-0.4, -0.2) is 67.5 Å². The molecule has 16 heavy (non-hydrogen) atoms. The van der Waals surface area contributed by atoms with Gasteiger partial charge < -0.3 is 34.9 Å². The lowest BCUT2D eigenvalue weighted by Crippen LogP contribution is -2.47. The molecular formula is C6H13O9P. The van der Waals surface area contributed by atoms with Crippen molar-refractivity contribution in [2.75, 3.05) is 13.2 Å². The molecule has 1 unspecified atom stereocenters. The average Bonchev–Trinajstić information content (AvgIpc) is 2.41. The van der Waals surface area contributed by atoms with E-state index >= 15 is 0 Å². The summed E-state index contributed by atoms with van der Waals surface area (Å²) >= 11 is 0. The van der Waals surface area contributed by atoms with Gasteiger partial charge in [0.15, 0.2) is 0 Å². The molecule has 0 aromatic heterocycles. The minimum absolute atomic E-state index is 0.704. The van der Waals surface area contributed by atoms with E-state index in [2.05, 4.69) is 4.52 Å². The average molecular weight is 260 g/mol. The molecule has 1 rings (SSSR count). The van der Waals surface area contributed by atoms with Gasteiger partial charge in [0.05, 0.1) is 6.61 Å². The van der Waals surface area contributed by atoms with Crippen LogP contribution >= 0.6 is 7.82 Å². The normalized spacial score (nSPS) is 40.2. The summed E-state index contributed by atoms with van der Waals surface area (Å²) in [5.74, 6) is -2.44. The van der Waals surface area contributed by atoms with Crippen molar-refractivity contribution in [1.82, 2.24) is 0 Å². The van der Waals surface area contributed by atoms with Crippen LogP contribution in [0.3, 0.4) is 0 Å². The summed E-state index contributed by atoms with van der Waals surface area (Å²) in [6, 6.07) is 0. The summed E-state index contributed by atoms with van der Waals surface area (Å²) in [6.45, 7) is -1.79. The second kappa shape index (κ2) is 4.65. The number of phosphoric acid groups is 1. The smallest absolute Gasteiger partial charge is 0.394 e. The van der Waals surface area contributed by atoms with Crippen molar-refractivity contribution in [3.05, 3.63) is 0 Å². The number of phosphoric ester groups is 1. The third-order valence-electron chi connectivity index (χ3n) is 2.18. The predicted molar refractivity (Wildman–Crippen MR) is 46.9 cm³/mol. The SMILES string of the molecule is O=P(O)(O)OC1(CO)O[C@H](CO)[C@@H](O)[C@@H]1O. The molecule has 9 nitrogen and oxygen atoms in total. The van der Waals surface area contributed by atoms with Gasteiger partial charge in [-0.3, -0.25) is 0 Å². The fraction of sp³-hybridized carbons (Fsp3) is 1.00. The first-order chi connectivity index (χ1) is 7.25. The van der Waals surface area contributed by atoms with Gasteiger partial charge in [-0.25, -0.2) is 9.09 Å². The molecular weight excluding hydrogens is 247 g/mol. The van der Waals surface area contributed by atoms with Gasteiger partial charge in [0.2, 0.25) is 5.79 Å². The Labute approximate surface area is 90.1 Å². The van der Waals surface area contributed by atoms with E-state index in [1.165, 1.54) is 0 Å². The quantitative estimate of drug-likeness (QED) is 0.288. The van der Waals surface area contributed by atoms with E-state index in [1.54, 1.807) is 0 Å². The van der Waals surface area contributed by atoms with Crippen LogP contribution in [0.1, 0.15) is 0 Å². The molecule has 10 heteroatoms. The zero-order valence-corrected chi connectivity index (χ0v) is 8.90. The summed E-state index contributed by atoms with van der Waals surface area (Å²) < 4.78 is 19.5. The van der Waals surface area contributed by atoms with Crippen molar-refractivity contribution in [1.29, 1.82) is 0 Å². The molecule has 1 saturated heterocycles. The molecule has 0 amide bonds. The van der Waals surface area contributed by atoms with Crippen molar-refractivity contribution < 1.29 is 44.0 Å². The molecule has 1 fully saturated rings. The molecule has 0 aromatic rings. The van der Waals surface area contributed by atoms with E-state index in [0.717, 1.165) is 0 Å². The van der Waals surface area contributed by atoms with Gasteiger partial charge in [-0.15, -0.1) is 0 Å². The monoisotopic (exact) mass is 260 g/mol. The maximum atomic E-state index is 10.6. The van der Waals surface area contributed by atoms with Gasteiger partial charge in [-0.1, -0.05) is 0 Å². The molecule has 0 spiro atoms. The van der Waals surface area contributed by atoms with Crippen molar-refractivity contribution in [3.8, 4) is 0 Å². The van der Waals surface area contributed by atoms with Crippen LogP contribution in [0, 0.1) is 0 Å². The van der Waals surface area contributed by atoms with Crippen LogP contribution in [0.5, 0.6) is 0 Å². The van der Waals surface area contributed by atoms with Gasteiger partial charge in [-0.2, -0.15) is 0 Å². The molecule has 1 heterocycles. The van der Waals surface area contributed by atoms with E-state index in [4.69, 9.17) is 24.7 Å². The summed E-state index contributed by atoms with van der Waals surface area (Å²) in [4.78, 5) is 17.2. The third-order valence-corrected chi connectivity index (χ3v) is 2.73. The highest BCUT2D eigenvalue weighted by atomic mass is 31.2. The van der Waals surface area contributed by atoms with Crippen LogP contribution in [0.2, 0.25) is 0 Å². The Kier molecular flexibility index (Phi) is 4.06. The van der Waals surface area contributed by atoms with Crippen LogP contribution in [0.4, 0.5) is 0 Å². The molecule has 6 N–H and O–H groups in total. The molecule has 0 bridgehead atoms. The molecule has 4 atom stereocenters. The first-order valence-corrected chi connectivity index (χ1v) is 5.81. The number of hydrogen-bond donors (Lipinski definition) is 6. The third kappa shape index (κ3) is 2.59. The summed E-state index contributed by atoms with van der Waals surface area (Å²) in [7, 11) is -5.04. The van der Waals surface area contributed by atoms with Crippen molar-refractivity contribution in [3.63, 3.8) is 0 Å². The Morgan fingerprint density at radius 1 is 1.31 bits per heavy atom. The predicted octanol–water partition coefficient (Wildman–Crippen LogP) is -3.10. The van der Waals surface area contributed by atoms with E-state index < -0.39 is 45.1 Å². The lowest BCUT2D eigenvalue weighted by molar-refractivity contribution is -0.237. The van der Waals surface area contributed by atoms with Gasteiger partial charge >= 0.3 is 7.82 Å². The number of aliphatic hydroxyl groups excluding tert-OH is 4. The highest BCUT2D eigenvalue weighted by Crippen LogP contribution is 2.46. The first kappa shape index (κ1) is 14.0. The largest absolute Gasteiger partial charge is 0.472 e.